The van der Waals surface area contributed by atoms with Gasteiger partial charge in [0, 0.05) is 31.6 Å². The monoisotopic (exact) mass is 337 g/mol. The third kappa shape index (κ3) is 3.76. The number of likely N-dealkylation sites (N-methyl/N-ethyl adjacent to an activating group) is 1. The first-order chi connectivity index (χ1) is 11.1. The van der Waals surface area contributed by atoms with Crippen molar-refractivity contribution in [3.63, 3.8) is 0 Å². The van der Waals surface area contributed by atoms with E-state index in [-0.39, 0.29) is 11.9 Å². The highest BCUT2D eigenvalue weighted by atomic mass is 32.1. The second-order valence-electron chi connectivity index (χ2n) is 6.73. The summed E-state index contributed by atoms with van der Waals surface area (Å²) in [5.41, 5.74) is 5.72. The molecule has 1 aromatic rings. The highest BCUT2D eigenvalue weighted by Gasteiger charge is 2.39. The molecule has 0 spiro atoms. The van der Waals surface area contributed by atoms with Crippen molar-refractivity contribution in [1.29, 1.82) is 0 Å². The molecule has 0 radical (unpaired) electrons. The Bertz CT molecular complexity index is 508. The molecule has 2 fully saturated rings. The SMILES string of the molecule is CN(CC(c1cccs1)N1CCOCC1)C(=O)C1(N)CCCC1. The fourth-order valence-electron chi connectivity index (χ4n) is 3.70. The third-order valence-electron chi connectivity index (χ3n) is 5.07. The van der Waals surface area contributed by atoms with Gasteiger partial charge in [0.05, 0.1) is 24.8 Å². The highest BCUT2D eigenvalue weighted by molar-refractivity contribution is 7.10. The van der Waals surface area contributed by atoms with Crippen LogP contribution in [0.25, 0.3) is 0 Å². The van der Waals surface area contributed by atoms with Gasteiger partial charge in [-0.1, -0.05) is 18.9 Å². The zero-order valence-corrected chi connectivity index (χ0v) is 14.7. The molecule has 1 aliphatic heterocycles. The number of morpholine rings is 1. The van der Waals surface area contributed by atoms with E-state index >= 15 is 0 Å². The Balaban J connectivity index is 1.71. The van der Waals surface area contributed by atoms with Crippen molar-refractivity contribution in [2.24, 2.45) is 5.73 Å². The second-order valence-corrected chi connectivity index (χ2v) is 7.71. The van der Waals surface area contributed by atoms with Crippen LogP contribution in [0.3, 0.4) is 0 Å². The van der Waals surface area contributed by atoms with E-state index in [2.05, 4.69) is 22.4 Å². The molecule has 5 nitrogen and oxygen atoms in total. The van der Waals surface area contributed by atoms with Crippen molar-refractivity contribution < 1.29 is 9.53 Å². The Morgan fingerprint density at radius 3 is 2.74 bits per heavy atom. The van der Waals surface area contributed by atoms with Gasteiger partial charge in [-0.25, -0.2) is 0 Å². The molecule has 23 heavy (non-hydrogen) atoms. The summed E-state index contributed by atoms with van der Waals surface area (Å²) in [5.74, 6) is 0.102. The van der Waals surface area contributed by atoms with Gasteiger partial charge in [-0.15, -0.1) is 11.3 Å². The van der Waals surface area contributed by atoms with Gasteiger partial charge in [0.25, 0.3) is 0 Å². The van der Waals surface area contributed by atoms with Crippen LogP contribution in [-0.4, -0.2) is 61.1 Å². The van der Waals surface area contributed by atoms with E-state index in [9.17, 15) is 4.79 Å². The second kappa shape index (κ2) is 7.30. The molecule has 1 aliphatic carbocycles. The van der Waals surface area contributed by atoms with Crippen molar-refractivity contribution in [3.05, 3.63) is 22.4 Å². The fourth-order valence-corrected chi connectivity index (χ4v) is 4.55. The molecule has 3 rings (SSSR count). The van der Waals surface area contributed by atoms with E-state index < -0.39 is 5.54 Å². The Kier molecular flexibility index (Phi) is 5.36. The number of carbonyl (C=O) groups excluding carboxylic acids is 1. The first-order valence-electron chi connectivity index (χ1n) is 8.50. The summed E-state index contributed by atoms with van der Waals surface area (Å²) < 4.78 is 5.48. The van der Waals surface area contributed by atoms with Crippen LogP contribution < -0.4 is 5.73 Å². The molecule has 1 atom stereocenters. The van der Waals surface area contributed by atoms with Gasteiger partial charge in [0.2, 0.25) is 5.91 Å². The molecule has 6 heteroatoms. The predicted octanol–water partition coefficient (Wildman–Crippen LogP) is 1.85. The predicted molar refractivity (Wildman–Crippen MR) is 92.5 cm³/mol. The number of ether oxygens (including phenoxy) is 1. The number of nitrogens with zero attached hydrogens (tertiary/aromatic N) is 2. The van der Waals surface area contributed by atoms with Crippen LogP contribution in [0.5, 0.6) is 0 Å². The lowest BCUT2D eigenvalue weighted by molar-refractivity contribution is -0.136. The van der Waals surface area contributed by atoms with Crippen LogP contribution in [0.15, 0.2) is 17.5 Å². The van der Waals surface area contributed by atoms with Gasteiger partial charge < -0.3 is 15.4 Å². The maximum Gasteiger partial charge on any atom is 0.242 e. The molecule has 0 aromatic carbocycles. The molecule has 2 N–H and O–H groups in total. The average Bonchev–Trinajstić information content (AvgIpc) is 3.25. The van der Waals surface area contributed by atoms with Gasteiger partial charge in [0.1, 0.15) is 0 Å². The number of carbonyl (C=O) groups is 1. The minimum Gasteiger partial charge on any atom is -0.379 e. The van der Waals surface area contributed by atoms with Gasteiger partial charge in [-0.05, 0) is 24.3 Å². The molecule has 1 aromatic heterocycles. The molecule has 2 heterocycles. The number of hydrogen-bond acceptors (Lipinski definition) is 5. The number of rotatable bonds is 5. The first-order valence-corrected chi connectivity index (χ1v) is 9.38. The normalized spacial score (nSPS) is 22.9. The van der Waals surface area contributed by atoms with Crippen molar-refractivity contribution in [3.8, 4) is 0 Å². The van der Waals surface area contributed by atoms with Crippen molar-refractivity contribution in [2.75, 3.05) is 39.9 Å². The molecule has 0 bridgehead atoms. The summed E-state index contributed by atoms with van der Waals surface area (Å²) in [6.07, 6.45) is 3.76. The number of nitrogens with two attached hydrogens (primary N) is 1. The summed E-state index contributed by atoms with van der Waals surface area (Å²) in [4.78, 5) is 18.4. The topological polar surface area (TPSA) is 58.8 Å². The lowest BCUT2D eigenvalue weighted by atomic mass is 9.97. The van der Waals surface area contributed by atoms with Crippen LogP contribution in [0, 0.1) is 0 Å². The zero-order chi connectivity index (χ0) is 16.3. The van der Waals surface area contributed by atoms with Crippen LogP contribution in [-0.2, 0) is 9.53 Å². The first kappa shape index (κ1) is 16.9. The minimum absolute atomic E-state index is 0.102. The smallest absolute Gasteiger partial charge is 0.242 e. The molecule has 128 valence electrons. The molecular weight excluding hydrogens is 310 g/mol. The standard InChI is InChI=1S/C17H27N3O2S/c1-19(16(21)17(18)6-2-3-7-17)13-14(15-5-4-12-23-15)20-8-10-22-11-9-20/h4-5,12,14H,2-3,6-11,13,18H2,1H3. The van der Waals surface area contributed by atoms with Crippen molar-refractivity contribution >= 4 is 17.2 Å². The van der Waals surface area contributed by atoms with Gasteiger partial charge >= 0.3 is 0 Å². The number of hydrogen-bond donors (Lipinski definition) is 1. The molecule has 2 aliphatic rings. The molecule has 1 amide bonds. The van der Waals surface area contributed by atoms with Crippen LogP contribution >= 0.6 is 11.3 Å². The Morgan fingerprint density at radius 2 is 2.13 bits per heavy atom. The van der Waals surface area contributed by atoms with E-state index in [0.717, 1.165) is 52.0 Å². The van der Waals surface area contributed by atoms with E-state index in [1.54, 1.807) is 11.3 Å². The van der Waals surface area contributed by atoms with E-state index in [1.165, 1.54) is 4.88 Å². The van der Waals surface area contributed by atoms with Crippen LogP contribution in [0.2, 0.25) is 0 Å². The lowest BCUT2D eigenvalue weighted by Crippen LogP contribution is -2.54. The summed E-state index contributed by atoms with van der Waals surface area (Å²) >= 11 is 1.76. The summed E-state index contributed by atoms with van der Waals surface area (Å²) in [6.45, 7) is 4.05. The molecule has 1 saturated heterocycles. The Morgan fingerprint density at radius 1 is 1.43 bits per heavy atom. The van der Waals surface area contributed by atoms with E-state index in [4.69, 9.17) is 10.5 Å². The summed E-state index contributed by atoms with van der Waals surface area (Å²) in [5, 5.41) is 2.10. The third-order valence-corrected chi connectivity index (χ3v) is 6.05. The summed E-state index contributed by atoms with van der Waals surface area (Å²) in [7, 11) is 1.90. The largest absolute Gasteiger partial charge is 0.379 e. The Labute approximate surface area is 142 Å². The molecule has 1 saturated carbocycles. The maximum absolute atomic E-state index is 12.8. The van der Waals surface area contributed by atoms with Gasteiger partial charge in [-0.3, -0.25) is 9.69 Å². The van der Waals surface area contributed by atoms with Crippen molar-refractivity contribution in [2.45, 2.75) is 37.3 Å². The molecule has 1 unspecified atom stereocenters. The van der Waals surface area contributed by atoms with Gasteiger partial charge in [0.15, 0.2) is 0 Å². The maximum atomic E-state index is 12.8. The van der Waals surface area contributed by atoms with Crippen molar-refractivity contribution in [1.82, 2.24) is 9.80 Å². The van der Waals surface area contributed by atoms with Crippen LogP contribution in [0.4, 0.5) is 0 Å². The quantitative estimate of drug-likeness (QED) is 0.891. The zero-order valence-electron chi connectivity index (χ0n) is 13.9. The average molecular weight is 337 g/mol. The van der Waals surface area contributed by atoms with Gasteiger partial charge in [-0.2, -0.15) is 0 Å². The Hall–Kier alpha value is -0.950. The minimum atomic E-state index is -0.639. The highest BCUT2D eigenvalue weighted by Crippen LogP contribution is 2.31. The molecular formula is C17H27N3O2S. The summed E-state index contributed by atoms with van der Waals surface area (Å²) in [6, 6.07) is 4.48. The lowest BCUT2D eigenvalue weighted by Gasteiger charge is -2.37. The van der Waals surface area contributed by atoms with E-state index in [1.807, 2.05) is 11.9 Å². The number of thiophene rings is 1. The van der Waals surface area contributed by atoms with E-state index in [0.29, 0.717) is 6.54 Å². The van der Waals surface area contributed by atoms with Crippen LogP contribution in [0.1, 0.15) is 36.6 Å². The fraction of sp³-hybridized carbons (Fsp3) is 0.706. The number of amides is 1.